The first-order chi connectivity index (χ1) is 10.6. The van der Waals surface area contributed by atoms with Crippen molar-refractivity contribution in [2.75, 3.05) is 13.2 Å². The van der Waals surface area contributed by atoms with Gasteiger partial charge in [0.15, 0.2) is 0 Å². The monoisotopic (exact) mass is 338 g/mol. The maximum absolute atomic E-state index is 11.9. The SMILES string of the molecule is O=C(NC[C@@H](O)c1ccc(Cl)s1)N[C@@H]1COc2ccccc21. The normalized spacial score (nSPS) is 17.5. The molecule has 5 nitrogen and oxygen atoms in total. The van der Waals surface area contributed by atoms with Crippen LogP contribution in [0.4, 0.5) is 4.79 Å². The number of benzene rings is 1. The van der Waals surface area contributed by atoms with Gasteiger partial charge in [-0.1, -0.05) is 29.8 Å². The standard InChI is InChI=1S/C15H15ClN2O3S/c16-14-6-5-13(22-14)11(19)7-17-15(20)18-10-8-21-12-4-2-1-3-9(10)12/h1-6,10-11,19H,7-8H2,(H2,17,18,20)/t10-,11-/m1/s1. The van der Waals surface area contributed by atoms with Crippen molar-refractivity contribution in [3.63, 3.8) is 0 Å². The van der Waals surface area contributed by atoms with E-state index in [1.165, 1.54) is 11.3 Å². The molecule has 1 aliphatic heterocycles. The first kappa shape index (κ1) is 15.1. The van der Waals surface area contributed by atoms with E-state index in [0.29, 0.717) is 10.9 Å². The zero-order chi connectivity index (χ0) is 15.5. The number of thiophene rings is 1. The Bertz CT molecular complexity index is 676. The van der Waals surface area contributed by atoms with Crippen molar-refractivity contribution in [1.82, 2.24) is 10.6 Å². The average molecular weight is 339 g/mol. The summed E-state index contributed by atoms with van der Waals surface area (Å²) in [6, 6.07) is 10.6. The number of carbonyl (C=O) groups excluding carboxylic acids is 1. The van der Waals surface area contributed by atoms with Crippen LogP contribution in [0.2, 0.25) is 4.34 Å². The molecule has 2 heterocycles. The Morgan fingerprint density at radius 2 is 2.23 bits per heavy atom. The fraction of sp³-hybridized carbons (Fsp3) is 0.267. The van der Waals surface area contributed by atoms with Gasteiger partial charge in [-0.3, -0.25) is 0 Å². The number of aliphatic hydroxyl groups excluding tert-OH is 1. The third-order valence-electron chi connectivity index (χ3n) is 3.38. The molecule has 22 heavy (non-hydrogen) atoms. The molecule has 2 atom stereocenters. The smallest absolute Gasteiger partial charge is 0.315 e. The Kier molecular flexibility index (Phi) is 4.52. The van der Waals surface area contributed by atoms with Crippen molar-refractivity contribution in [1.29, 1.82) is 0 Å². The number of fused-ring (bicyclic) bond motifs is 1. The van der Waals surface area contributed by atoms with Gasteiger partial charge in [-0.2, -0.15) is 0 Å². The van der Waals surface area contributed by atoms with Crippen LogP contribution in [0.5, 0.6) is 5.75 Å². The molecule has 2 aromatic rings. The van der Waals surface area contributed by atoms with Gasteiger partial charge < -0.3 is 20.5 Å². The summed E-state index contributed by atoms with van der Waals surface area (Å²) < 4.78 is 6.11. The predicted molar refractivity (Wildman–Crippen MR) is 85.5 cm³/mol. The van der Waals surface area contributed by atoms with Crippen molar-refractivity contribution in [2.45, 2.75) is 12.1 Å². The number of urea groups is 1. The van der Waals surface area contributed by atoms with Crippen LogP contribution in [0, 0.1) is 0 Å². The number of ether oxygens (including phenoxy) is 1. The van der Waals surface area contributed by atoms with Crippen LogP contribution < -0.4 is 15.4 Å². The Labute approximate surface area is 136 Å². The zero-order valence-corrected chi connectivity index (χ0v) is 13.2. The van der Waals surface area contributed by atoms with Gasteiger partial charge in [0, 0.05) is 10.4 Å². The predicted octanol–water partition coefficient (Wildman–Crippen LogP) is 2.87. The van der Waals surface area contributed by atoms with Gasteiger partial charge >= 0.3 is 6.03 Å². The molecular weight excluding hydrogens is 324 g/mol. The molecule has 2 amide bonds. The third-order valence-corrected chi connectivity index (χ3v) is 4.72. The van der Waals surface area contributed by atoms with E-state index in [0.717, 1.165) is 16.2 Å². The molecule has 0 saturated heterocycles. The summed E-state index contributed by atoms with van der Waals surface area (Å²) in [5.74, 6) is 0.793. The van der Waals surface area contributed by atoms with Gasteiger partial charge in [0.1, 0.15) is 18.5 Å². The Balaban J connectivity index is 1.51. The van der Waals surface area contributed by atoms with E-state index in [1.54, 1.807) is 12.1 Å². The second-order valence-electron chi connectivity index (χ2n) is 4.91. The van der Waals surface area contributed by atoms with Gasteiger partial charge in [-0.25, -0.2) is 4.79 Å². The maximum Gasteiger partial charge on any atom is 0.315 e. The Morgan fingerprint density at radius 3 is 3.00 bits per heavy atom. The molecular formula is C15H15ClN2O3S. The van der Waals surface area contributed by atoms with E-state index in [4.69, 9.17) is 16.3 Å². The summed E-state index contributed by atoms with van der Waals surface area (Å²) in [6.45, 7) is 0.535. The summed E-state index contributed by atoms with van der Waals surface area (Å²) in [7, 11) is 0. The molecule has 0 unspecified atom stereocenters. The number of para-hydroxylation sites is 1. The summed E-state index contributed by atoms with van der Waals surface area (Å²) in [6.07, 6.45) is -0.768. The Hall–Kier alpha value is -1.76. The number of nitrogens with one attached hydrogen (secondary N) is 2. The number of hydrogen-bond donors (Lipinski definition) is 3. The van der Waals surface area contributed by atoms with Crippen LogP contribution in [-0.2, 0) is 0 Å². The lowest BCUT2D eigenvalue weighted by molar-refractivity contribution is 0.175. The number of carbonyl (C=O) groups is 1. The van der Waals surface area contributed by atoms with E-state index >= 15 is 0 Å². The van der Waals surface area contributed by atoms with Crippen LogP contribution >= 0.6 is 22.9 Å². The summed E-state index contributed by atoms with van der Waals surface area (Å²) >= 11 is 7.12. The average Bonchev–Trinajstić information content (AvgIpc) is 3.12. The highest BCUT2D eigenvalue weighted by Crippen LogP contribution is 2.31. The highest BCUT2D eigenvalue weighted by atomic mass is 35.5. The van der Waals surface area contributed by atoms with E-state index < -0.39 is 6.10 Å². The van der Waals surface area contributed by atoms with Gasteiger partial charge in [0.2, 0.25) is 0 Å². The quantitative estimate of drug-likeness (QED) is 0.802. The number of halogens is 1. The number of rotatable bonds is 4. The molecule has 116 valence electrons. The van der Waals surface area contributed by atoms with Gasteiger partial charge in [0.05, 0.1) is 16.9 Å². The van der Waals surface area contributed by atoms with E-state index in [9.17, 15) is 9.90 Å². The molecule has 0 bridgehead atoms. The first-order valence-corrected chi connectivity index (χ1v) is 8.02. The maximum atomic E-state index is 11.9. The third kappa shape index (κ3) is 3.35. The number of hydrogen-bond acceptors (Lipinski definition) is 4. The molecule has 1 aromatic heterocycles. The molecule has 1 aromatic carbocycles. The molecule has 0 fully saturated rings. The highest BCUT2D eigenvalue weighted by Gasteiger charge is 2.25. The lowest BCUT2D eigenvalue weighted by Gasteiger charge is -2.14. The van der Waals surface area contributed by atoms with Crippen molar-refractivity contribution >= 4 is 29.0 Å². The van der Waals surface area contributed by atoms with E-state index in [2.05, 4.69) is 10.6 Å². The minimum atomic E-state index is -0.768. The summed E-state index contributed by atoms with van der Waals surface area (Å²) in [5, 5.41) is 15.5. The Morgan fingerprint density at radius 1 is 1.41 bits per heavy atom. The van der Waals surface area contributed by atoms with Crippen LogP contribution in [-0.4, -0.2) is 24.3 Å². The first-order valence-electron chi connectivity index (χ1n) is 6.83. The lowest BCUT2D eigenvalue weighted by atomic mass is 10.1. The molecule has 3 rings (SSSR count). The van der Waals surface area contributed by atoms with Crippen LogP contribution in [0.15, 0.2) is 36.4 Å². The number of aliphatic hydroxyl groups is 1. The van der Waals surface area contributed by atoms with Gasteiger partial charge in [0.25, 0.3) is 0 Å². The van der Waals surface area contributed by atoms with Gasteiger partial charge in [-0.15, -0.1) is 11.3 Å². The largest absolute Gasteiger partial charge is 0.491 e. The fourth-order valence-corrected chi connectivity index (χ4v) is 3.34. The second kappa shape index (κ2) is 6.56. The van der Waals surface area contributed by atoms with Crippen molar-refractivity contribution < 1.29 is 14.6 Å². The topological polar surface area (TPSA) is 70.6 Å². The minimum Gasteiger partial charge on any atom is -0.491 e. The second-order valence-corrected chi connectivity index (χ2v) is 6.66. The summed E-state index contributed by atoms with van der Waals surface area (Å²) in [4.78, 5) is 12.7. The van der Waals surface area contributed by atoms with Crippen molar-refractivity contribution in [3.8, 4) is 5.75 Å². The number of amides is 2. The molecule has 0 saturated carbocycles. The van der Waals surface area contributed by atoms with Crippen LogP contribution in [0.3, 0.4) is 0 Å². The molecule has 3 N–H and O–H groups in total. The highest BCUT2D eigenvalue weighted by molar-refractivity contribution is 7.16. The zero-order valence-electron chi connectivity index (χ0n) is 11.6. The van der Waals surface area contributed by atoms with Crippen LogP contribution in [0.1, 0.15) is 22.6 Å². The molecule has 1 aliphatic rings. The molecule has 0 spiro atoms. The van der Waals surface area contributed by atoms with Crippen molar-refractivity contribution in [2.24, 2.45) is 0 Å². The fourth-order valence-electron chi connectivity index (χ4n) is 2.29. The van der Waals surface area contributed by atoms with E-state index in [1.807, 2.05) is 24.3 Å². The minimum absolute atomic E-state index is 0.123. The van der Waals surface area contributed by atoms with Crippen LogP contribution in [0.25, 0.3) is 0 Å². The van der Waals surface area contributed by atoms with E-state index in [-0.39, 0.29) is 18.6 Å². The molecule has 0 aliphatic carbocycles. The molecule has 7 heteroatoms. The molecule has 0 radical (unpaired) electrons. The van der Waals surface area contributed by atoms with Crippen molar-refractivity contribution in [3.05, 3.63) is 51.2 Å². The van der Waals surface area contributed by atoms with Gasteiger partial charge in [-0.05, 0) is 18.2 Å². The summed E-state index contributed by atoms with van der Waals surface area (Å²) in [5.41, 5.74) is 0.961. The lowest BCUT2D eigenvalue weighted by Crippen LogP contribution is -2.40.